The van der Waals surface area contributed by atoms with Crippen molar-refractivity contribution >= 4 is 17.0 Å². The van der Waals surface area contributed by atoms with Crippen LogP contribution in [0.5, 0.6) is 0 Å². The highest BCUT2D eigenvalue weighted by Gasteiger charge is 2.13. The lowest BCUT2D eigenvalue weighted by atomic mass is 10.2. The van der Waals surface area contributed by atoms with Crippen LogP contribution in [0.2, 0.25) is 0 Å². The third-order valence-electron chi connectivity index (χ3n) is 3.34. The molecular formula is C17H14N2O2. The van der Waals surface area contributed by atoms with Crippen LogP contribution in [0.25, 0.3) is 22.4 Å². The van der Waals surface area contributed by atoms with Crippen molar-refractivity contribution < 1.29 is 9.90 Å². The average Bonchev–Trinajstić information content (AvgIpc) is 2.86. The van der Waals surface area contributed by atoms with Crippen LogP contribution in [-0.2, 0) is 6.54 Å². The van der Waals surface area contributed by atoms with E-state index >= 15 is 0 Å². The average molecular weight is 278 g/mol. The van der Waals surface area contributed by atoms with Crippen molar-refractivity contribution in [2.75, 3.05) is 0 Å². The van der Waals surface area contributed by atoms with Crippen molar-refractivity contribution in [2.24, 2.45) is 0 Å². The van der Waals surface area contributed by atoms with E-state index in [-0.39, 0.29) is 5.56 Å². The molecule has 0 saturated carbocycles. The first-order chi connectivity index (χ1) is 10.2. The van der Waals surface area contributed by atoms with E-state index in [0.29, 0.717) is 12.1 Å². The van der Waals surface area contributed by atoms with Crippen molar-refractivity contribution in [1.29, 1.82) is 0 Å². The normalized spacial score (nSPS) is 10.7. The minimum atomic E-state index is -0.948. The molecule has 104 valence electrons. The van der Waals surface area contributed by atoms with Gasteiger partial charge in [0.05, 0.1) is 16.6 Å². The molecule has 0 aliphatic carbocycles. The maximum absolute atomic E-state index is 11.1. The van der Waals surface area contributed by atoms with Gasteiger partial charge in [0.2, 0.25) is 0 Å². The topological polar surface area (TPSA) is 55.1 Å². The Morgan fingerprint density at radius 2 is 2.00 bits per heavy atom. The van der Waals surface area contributed by atoms with Gasteiger partial charge < -0.3 is 9.67 Å². The molecule has 4 heteroatoms. The number of nitrogens with zero attached hydrogens (tertiary/aromatic N) is 2. The summed E-state index contributed by atoms with van der Waals surface area (Å²) in [6, 6.07) is 14.8. The van der Waals surface area contributed by atoms with Gasteiger partial charge >= 0.3 is 5.97 Å². The fourth-order valence-electron chi connectivity index (χ4n) is 2.38. The molecule has 21 heavy (non-hydrogen) atoms. The van der Waals surface area contributed by atoms with E-state index in [1.54, 1.807) is 24.3 Å². The van der Waals surface area contributed by atoms with Crippen LogP contribution in [0.3, 0.4) is 0 Å². The summed E-state index contributed by atoms with van der Waals surface area (Å²) in [5.74, 6) is -0.135. The number of hydrogen-bond acceptors (Lipinski definition) is 2. The molecule has 0 bridgehead atoms. The minimum absolute atomic E-state index is 0.241. The Hall–Kier alpha value is -2.88. The molecule has 4 nitrogen and oxygen atoms in total. The maximum atomic E-state index is 11.1. The first kappa shape index (κ1) is 13.1. The molecule has 0 saturated heterocycles. The Bertz CT molecular complexity index is 819. The summed E-state index contributed by atoms with van der Waals surface area (Å²) < 4.78 is 2.03. The number of aromatic nitrogens is 2. The summed E-state index contributed by atoms with van der Waals surface area (Å²) in [6.45, 7) is 4.40. The molecule has 1 heterocycles. The first-order valence-corrected chi connectivity index (χ1v) is 6.60. The fourth-order valence-corrected chi connectivity index (χ4v) is 2.38. The molecule has 3 rings (SSSR count). The standard InChI is InChI=1S/C17H14N2O2/c1-2-10-19-15-9-8-13(17(20)21)11-14(15)18-16(19)12-6-4-3-5-7-12/h2-9,11H,1,10H2,(H,20,21). The first-order valence-electron chi connectivity index (χ1n) is 6.60. The zero-order valence-electron chi connectivity index (χ0n) is 11.4. The van der Waals surface area contributed by atoms with Crippen molar-refractivity contribution in [1.82, 2.24) is 9.55 Å². The molecule has 0 aliphatic heterocycles. The lowest BCUT2D eigenvalue weighted by molar-refractivity contribution is 0.0697. The van der Waals surface area contributed by atoms with E-state index in [1.807, 2.05) is 34.9 Å². The second-order valence-corrected chi connectivity index (χ2v) is 4.71. The molecule has 0 fully saturated rings. The number of benzene rings is 2. The molecular weight excluding hydrogens is 264 g/mol. The van der Waals surface area contributed by atoms with Crippen LogP contribution in [0.4, 0.5) is 0 Å². The zero-order chi connectivity index (χ0) is 14.8. The highest BCUT2D eigenvalue weighted by molar-refractivity contribution is 5.93. The molecule has 0 amide bonds. The third-order valence-corrected chi connectivity index (χ3v) is 3.34. The lowest BCUT2D eigenvalue weighted by Gasteiger charge is -2.06. The van der Waals surface area contributed by atoms with Crippen LogP contribution in [0.1, 0.15) is 10.4 Å². The summed E-state index contributed by atoms with van der Waals surface area (Å²) in [4.78, 5) is 15.7. The van der Waals surface area contributed by atoms with Crippen LogP contribution in [0, 0.1) is 0 Å². The Kier molecular flexibility index (Phi) is 3.28. The number of fused-ring (bicyclic) bond motifs is 1. The molecule has 1 N–H and O–H groups in total. The summed E-state index contributed by atoms with van der Waals surface area (Å²) >= 11 is 0. The maximum Gasteiger partial charge on any atom is 0.335 e. The van der Waals surface area contributed by atoms with Crippen LogP contribution < -0.4 is 0 Å². The van der Waals surface area contributed by atoms with E-state index in [0.717, 1.165) is 16.9 Å². The molecule has 0 atom stereocenters. The van der Waals surface area contributed by atoms with Gasteiger partial charge in [0.1, 0.15) is 5.82 Å². The fraction of sp³-hybridized carbons (Fsp3) is 0.0588. The van der Waals surface area contributed by atoms with Crippen LogP contribution >= 0.6 is 0 Å². The van der Waals surface area contributed by atoms with Gasteiger partial charge in [0, 0.05) is 12.1 Å². The number of hydrogen-bond donors (Lipinski definition) is 1. The van der Waals surface area contributed by atoms with Gasteiger partial charge in [0.25, 0.3) is 0 Å². The molecule has 0 unspecified atom stereocenters. The molecule has 0 spiro atoms. The summed E-state index contributed by atoms with van der Waals surface area (Å²) in [5, 5.41) is 9.09. The van der Waals surface area contributed by atoms with Crippen molar-refractivity contribution in [3.8, 4) is 11.4 Å². The summed E-state index contributed by atoms with van der Waals surface area (Å²) in [6.07, 6.45) is 1.80. The van der Waals surface area contributed by atoms with Gasteiger partial charge in [-0.15, -0.1) is 6.58 Å². The van der Waals surface area contributed by atoms with E-state index in [9.17, 15) is 4.79 Å². The zero-order valence-corrected chi connectivity index (χ0v) is 11.4. The van der Waals surface area contributed by atoms with E-state index < -0.39 is 5.97 Å². The number of imidazole rings is 1. The number of allylic oxidation sites excluding steroid dienone is 1. The Morgan fingerprint density at radius 3 is 2.67 bits per heavy atom. The number of carboxylic acid groups (broad SMARTS) is 1. The molecule has 0 aliphatic rings. The summed E-state index contributed by atoms with van der Waals surface area (Å²) in [5.41, 5.74) is 2.81. The van der Waals surface area contributed by atoms with Gasteiger partial charge in [0.15, 0.2) is 0 Å². The SMILES string of the molecule is C=CCn1c(-c2ccccc2)nc2cc(C(=O)O)ccc21. The highest BCUT2D eigenvalue weighted by Crippen LogP contribution is 2.25. The predicted molar refractivity (Wildman–Crippen MR) is 82.3 cm³/mol. The molecule has 2 aromatic carbocycles. The predicted octanol–water partition coefficient (Wildman–Crippen LogP) is 3.59. The third kappa shape index (κ3) is 2.31. The van der Waals surface area contributed by atoms with E-state index in [2.05, 4.69) is 11.6 Å². The van der Waals surface area contributed by atoms with Gasteiger partial charge in [-0.3, -0.25) is 0 Å². The number of rotatable bonds is 4. The Morgan fingerprint density at radius 1 is 1.24 bits per heavy atom. The van der Waals surface area contributed by atoms with Crippen molar-refractivity contribution in [2.45, 2.75) is 6.54 Å². The monoisotopic (exact) mass is 278 g/mol. The number of carbonyl (C=O) groups is 1. The number of aromatic carboxylic acids is 1. The van der Waals surface area contributed by atoms with Crippen molar-refractivity contribution in [3.05, 3.63) is 66.7 Å². The Labute approximate surface area is 122 Å². The van der Waals surface area contributed by atoms with Crippen LogP contribution in [0.15, 0.2) is 61.2 Å². The summed E-state index contributed by atoms with van der Waals surface area (Å²) in [7, 11) is 0. The van der Waals surface area contributed by atoms with E-state index in [4.69, 9.17) is 5.11 Å². The quantitative estimate of drug-likeness (QED) is 0.742. The van der Waals surface area contributed by atoms with Gasteiger partial charge in [-0.1, -0.05) is 36.4 Å². The highest BCUT2D eigenvalue weighted by atomic mass is 16.4. The minimum Gasteiger partial charge on any atom is -0.478 e. The van der Waals surface area contributed by atoms with Gasteiger partial charge in [-0.25, -0.2) is 9.78 Å². The second-order valence-electron chi connectivity index (χ2n) is 4.71. The van der Waals surface area contributed by atoms with Crippen molar-refractivity contribution in [3.63, 3.8) is 0 Å². The lowest BCUT2D eigenvalue weighted by Crippen LogP contribution is -1.99. The van der Waals surface area contributed by atoms with Crippen LogP contribution in [-0.4, -0.2) is 20.6 Å². The smallest absolute Gasteiger partial charge is 0.335 e. The molecule has 3 aromatic rings. The largest absolute Gasteiger partial charge is 0.478 e. The Balaban J connectivity index is 2.26. The molecule has 1 aromatic heterocycles. The number of carboxylic acids is 1. The molecule has 0 radical (unpaired) electrons. The van der Waals surface area contributed by atoms with Gasteiger partial charge in [-0.05, 0) is 18.2 Å². The second kappa shape index (κ2) is 5.25. The van der Waals surface area contributed by atoms with Gasteiger partial charge in [-0.2, -0.15) is 0 Å². The van der Waals surface area contributed by atoms with E-state index in [1.165, 1.54) is 0 Å².